The predicted octanol–water partition coefficient (Wildman–Crippen LogP) is 2.10. The fourth-order valence-electron chi connectivity index (χ4n) is 2.55. The Morgan fingerprint density at radius 1 is 1.67 bits per heavy atom. The molecule has 1 heterocycles. The van der Waals surface area contributed by atoms with Gasteiger partial charge in [-0.1, -0.05) is 11.8 Å². The van der Waals surface area contributed by atoms with Gasteiger partial charge >= 0.3 is 0 Å². The van der Waals surface area contributed by atoms with E-state index >= 15 is 0 Å². The molecule has 2 unspecified atom stereocenters. The van der Waals surface area contributed by atoms with Crippen molar-refractivity contribution in [2.75, 3.05) is 0 Å². The van der Waals surface area contributed by atoms with Gasteiger partial charge < -0.3 is 0 Å². The molecule has 0 bridgehead atoms. The molecular weight excluding hydrogens is 246 g/mol. The molecule has 0 aliphatic heterocycles. The number of H-pyrrole nitrogens is 1. The molecule has 1 saturated carbocycles. The molecule has 0 saturated heterocycles. The molecule has 18 heavy (non-hydrogen) atoms. The summed E-state index contributed by atoms with van der Waals surface area (Å²) in [6, 6.07) is 2.82. The lowest BCUT2D eigenvalue weighted by Crippen LogP contribution is -2.51. The highest BCUT2D eigenvalue weighted by Crippen LogP contribution is 2.37. The van der Waals surface area contributed by atoms with Crippen molar-refractivity contribution in [1.82, 2.24) is 20.5 Å². The minimum Gasteiger partial charge on any atom is -0.297 e. The highest BCUT2D eigenvalue weighted by Gasteiger charge is 2.37. The molecule has 2 rings (SSSR count). The van der Waals surface area contributed by atoms with Crippen molar-refractivity contribution in [1.29, 1.82) is 5.26 Å². The third-order valence-electron chi connectivity index (χ3n) is 3.16. The van der Waals surface area contributed by atoms with Gasteiger partial charge in [0, 0.05) is 11.3 Å². The smallest absolute Gasteiger partial charge is 0.183 e. The van der Waals surface area contributed by atoms with E-state index in [2.05, 4.69) is 40.4 Å². The summed E-state index contributed by atoms with van der Waals surface area (Å²) in [6.07, 6.45) is 5.55. The molecular formula is C12H19N5S. The SMILES string of the molecule is CC(C)NC1(C#N)CCCC(Sc2ncn[nH]2)C1. The lowest BCUT2D eigenvalue weighted by atomic mass is 9.82. The van der Waals surface area contributed by atoms with E-state index in [-0.39, 0.29) is 5.54 Å². The Kier molecular flexibility index (Phi) is 4.25. The van der Waals surface area contributed by atoms with Crippen LogP contribution in [0.4, 0.5) is 0 Å². The van der Waals surface area contributed by atoms with E-state index in [0.717, 1.165) is 30.8 Å². The van der Waals surface area contributed by atoms with Crippen molar-refractivity contribution in [3.8, 4) is 6.07 Å². The Morgan fingerprint density at radius 2 is 2.50 bits per heavy atom. The van der Waals surface area contributed by atoms with Crippen LogP contribution in [0.2, 0.25) is 0 Å². The van der Waals surface area contributed by atoms with Gasteiger partial charge in [-0.3, -0.25) is 10.4 Å². The van der Waals surface area contributed by atoms with Gasteiger partial charge in [0.25, 0.3) is 0 Å². The molecule has 1 aliphatic carbocycles. The van der Waals surface area contributed by atoms with Gasteiger partial charge in [0.05, 0.1) is 6.07 Å². The van der Waals surface area contributed by atoms with E-state index in [1.165, 1.54) is 6.33 Å². The van der Waals surface area contributed by atoms with Crippen LogP contribution in [-0.4, -0.2) is 32.0 Å². The van der Waals surface area contributed by atoms with Crippen LogP contribution in [0.1, 0.15) is 39.5 Å². The fourth-order valence-corrected chi connectivity index (χ4v) is 3.73. The summed E-state index contributed by atoms with van der Waals surface area (Å²) in [7, 11) is 0. The molecule has 0 spiro atoms. The van der Waals surface area contributed by atoms with E-state index in [0.29, 0.717) is 11.3 Å². The summed E-state index contributed by atoms with van der Waals surface area (Å²) in [6.45, 7) is 4.18. The van der Waals surface area contributed by atoms with Gasteiger partial charge in [-0.15, -0.1) is 0 Å². The number of nitrogens with zero attached hydrogens (tertiary/aromatic N) is 3. The first kappa shape index (κ1) is 13.4. The number of hydrogen-bond acceptors (Lipinski definition) is 5. The first-order chi connectivity index (χ1) is 8.63. The first-order valence-corrected chi connectivity index (χ1v) is 7.22. The molecule has 1 fully saturated rings. The lowest BCUT2D eigenvalue weighted by Gasteiger charge is -2.37. The molecule has 0 radical (unpaired) electrons. The predicted molar refractivity (Wildman–Crippen MR) is 71.1 cm³/mol. The van der Waals surface area contributed by atoms with Crippen molar-refractivity contribution < 1.29 is 0 Å². The number of hydrogen-bond donors (Lipinski definition) is 2. The third kappa shape index (κ3) is 3.24. The molecule has 0 amide bonds. The average molecular weight is 265 g/mol. The zero-order valence-corrected chi connectivity index (χ0v) is 11.6. The first-order valence-electron chi connectivity index (χ1n) is 6.34. The van der Waals surface area contributed by atoms with Crippen molar-refractivity contribution in [2.45, 2.75) is 61.5 Å². The summed E-state index contributed by atoms with van der Waals surface area (Å²) >= 11 is 1.70. The molecule has 2 N–H and O–H groups in total. The number of aromatic nitrogens is 3. The Labute approximate surface area is 112 Å². The second-order valence-corrected chi connectivity index (χ2v) is 6.41. The molecule has 6 heteroatoms. The highest BCUT2D eigenvalue weighted by atomic mass is 32.2. The van der Waals surface area contributed by atoms with Crippen LogP contribution in [0.15, 0.2) is 11.5 Å². The third-order valence-corrected chi connectivity index (χ3v) is 4.31. The van der Waals surface area contributed by atoms with Gasteiger partial charge in [0.2, 0.25) is 0 Å². The maximum atomic E-state index is 9.48. The quantitative estimate of drug-likeness (QED) is 0.871. The zero-order chi connectivity index (χ0) is 13.0. The van der Waals surface area contributed by atoms with Crippen LogP contribution >= 0.6 is 11.8 Å². The molecule has 1 aliphatic rings. The Bertz CT molecular complexity index is 411. The molecule has 1 aromatic rings. The second kappa shape index (κ2) is 5.72. The minimum absolute atomic E-state index is 0.332. The average Bonchev–Trinajstić information content (AvgIpc) is 2.81. The number of nitriles is 1. The van der Waals surface area contributed by atoms with Gasteiger partial charge in [-0.25, -0.2) is 4.98 Å². The van der Waals surface area contributed by atoms with Crippen LogP contribution in [0.25, 0.3) is 0 Å². The van der Waals surface area contributed by atoms with E-state index in [4.69, 9.17) is 0 Å². The van der Waals surface area contributed by atoms with Crippen molar-refractivity contribution in [3.63, 3.8) is 0 Å². The lowest BCUT2D eigenvalue weighted by molar-refractivity contribution is 0.284. The van der Waals surface area contributed by atoms with Crippen molar-refractivity contribution in [2.24, 2.45) is 0 Å². The van der Waals surface area contributed by atoms with Crippen LogP contribution in [-0.2, 0) is 0 Å². The van der Waals surface area contributed by atoms with Crippen LogP contribution in [0.3, 0.4) is 0 Å². The standard InChI is InChI=1S/C12H19N5S/c1-9(2)16-12(7-13)5-3-4-10(6-12)18-11-14-8-15-17-11/h8-10,16H,3-6H2,1-2H3,(H,14,15,17). The van der Waals surface area contributed by atoms with E-state index in [1.54, 1.807) is 11.8 Å². The maximum Gasteiger partial charge on any atom is 0.183 e. The van der Waals surface area contributed by atoms with Crippen LogP contribution in [0.5, 0.6) is 0 Å². The molecule has 2 atom stereocenters. The largest absolute Gasteiger partial charge is 0.297 e. The Morgan fingerprint density at radius 3 is 3.11 bits per heavy atom. The topological polar surface area (TPSA) is 77.4 Å². The molecule has 1 aromatic heterocycles. The number of thioether (sulfide) groups is 1. The van der Waals surface area contributed by atoms with Crippen molar-refractivity contribution >= 4 is 11.8 Å². The van der Waals surface area contributed by atoms with Gasteiger partial charge in [-0.05, 0) is 39.5 Å². The molecule has 98 valence electrons. The normalized spacial score (nSPS) is 28.2. The summed E-state index contributed by atoms with van der Waals surface area (Å²) in [5.74, 6) is 0. The highest BCUT2D eigenvalue weighted by molar-refractivity contribution is 7.99. The maximum absolute atomic E-state index is 9.48. The molecule has 0 aromatic carbocycles. The van der Waals surface area contributed by atoms with E-state index in [1.807, 2.05) is 0 Å². The van der Waals surface area contributed by atoms with Crippen LogP contribution in [0, 0.1) is 11.3 Å². The summed E-state index contributed by atoms with van der Waals surface area (Å²) in [5, 5.41) is 20.9. The van der Waals surface area contributed by atoms with Gasteiger partial charge in [0.1, 0.15) is 11.9 Å². The van der Waals surface area contributed by atoms with E-state index < -0.39 is 0 Å². The van der Waals surface area contributed by atoms with E-state index in [9.17, 15) is 5.26 Å². The minimum atomic E-state index is -0.371. The number of nitrogens with one attached hydrogen (secondary N) is 2. The second-order valence-electron chi connectivity index (χ2n) is 5.12. The zero-order valence-electron chi connectivity index (χ0n) is 10.8. The van der Waals surface area contributed by atoms with Gasteiger partial charge in [0.15, 0.2) is 5.16 Å². The Balaban J connectivity index is 2.00. The summed E-state index contributed by atoms with van der Waals surface area (Å²) < 4.78 is 0. The number of aromatic amines is 1. The fraction of sp³-hybridized carbons (Fsp3) is 0.750. The monoisotopic (exact) mass is 265 g/mol. The Hall–Kier alpha value is -1.06. The number of rotatable bonds is 4. The summed E-state index contributed by atoms with van der Waals surface area (Å²) in [4.78, 5) is 4.14. The van der Waals surface area contributed by atoms with Crippen LogP contribution < -0.4 is 5.32 Å². The molecule has 5 nitrogen and oxygen atoms in total. The summed E-state index contributed by atoms with van der Waals surface area (Å²) in [5.41, 5.74) is -0.371. The van der Waals surface area contributed by atoms with Crippen molar-refractivity contribution in [3.05, 3.63) is 6.33 Å². The van der Waals surface area contributed by atoms with Gasteiger partial charge in [-0.2, -0.15) is 10.4 Å².